The summed E-state index contributed by atoms with van der Waals surface area (Å²) in [5.41, 5.74) is 11.8. The number of fused-ring (bicyclic) bond motifs is 3. The van der Waals surface area contributed by atoms with Crippen molar-refractivity contribution in [2.45, 2.75) is 0 Å². The van der Waals surface area contributed by atoms with Crippen molar-refractivity contribution in [1.82, 2.24) is 20.2 Å². The van der Waals surface area contributed by atoms with Gasteiger partial charge in [-0.05, 0) is 56.9 Å². The molecule has 2 aromatic heterocycles. The van der Waals surface area contributed by atoms with Gasteiger partial charge in [-0.2, -0.15) is 0 Å². The van der Waals surface area contributed by atoms with Crippen LogP contribution in [0.3, 0.4) is 0 Å². The quantitative estimate of drug-likeness (QED) is 0.181. The third-order valence-corrected chi connectivity index (χ3v) is 8.99. The summed E-state index contributed by atoms with van der Waals surface area (Å²) in [6, 6.07) is 58.7. The Morgan fingerprint density at radius 2 is 0.667 bits per heavy atom. The molecule has 224 valence electrons. The lowest BCUT2D eigenvalue weighted by molar-refractivity contribution is 1.05. The number of hydrogen-bond donors (Lipinski definition) is 0. The van der Waals surface area contributed by atoms with Crippen LogP contribution in [0.5, 0.6) is 0 Å². The highest BCUT2D eigenvalue weighted by Crippen LogP contribution is 2.43. The predicted octanol–water partition coefficient (Wildman–Crippen LogP) is 11.1. The standard InChI is InChI=1S/C44H28N4/c1-3-13-29(14-4-1)37-27-28-40(48-47-37)42-35-19-9-7-17-33(35)41(34-18-8-10-20-36(34)42)30-23-25-32(26-24-30)44-43(31-15-5-2-6-16-31)45-38-21-11-12-22-39(38)46-44/h1-28H. The molecule has 0 atom stereocenters. The van der Waals surface area contributed by atoms with Crippen molar-refractivity contribution < 1.29 is 0 Å². The lowest BCUT2D eigenvalue weighted by atomic mass is 9.87. The number of hydrogen-bond acceptors (Lipinski definition) is 4. The van der Waals surface area contributed by atoms with Crippen LogP contribution >= 0.6 is 0 Å². The molecule has 9 aromatic rings. The van der Waals surface area contributed by atoms with Gasteiger partial charge in [0.1, 0.15) is 0 Å². The van der Waals surface area contributed by atoms with Crippen LogP contribution < -0.4 is 0 Å². The Morgan fingerprint density at radius 3 is 1.19 bits per heavy atom. The predicted molar refractivity (Wildman–Crippen MR) is 197 cm³/mol. The molecule has 0 radical (unpaired) electrons. The van der Waals surface area contributed by atoms with Crippen LogP contribution in [0, 0.1) is 0 Å². The van der Waals surface area contributed by atoms with Gasteiger partial charge in [0.2, 0.25) is 0 Å². The molecule has 0 unspecified atom stereocenters. The minimum absolute atomic E-state index is 0.854. The van der Waals surface area contributed by atoms with Gasteiger partial charge in [-0.15, -0.1) is 10.2 Å². The number of para-hydroxylation sites is 2. The van der Waals surface area contributed by atoms with Gasteiger partial charge < -0.3 is 0 Å². The highest BCUT2D eigenvalue weighted by molar-refractivity contribution is 6.21. The van der Waals surface area contributed by atoms with Gasteiger partial charge in [-0.1, -0.05) is 146 Å². The molecule has 0 saturated carbocycles. The first-order chi connectivity index (χ1) is 23.8. The molecule has 0 spiro atoms. The largest absolute Gasteiger partial charge is 0.244 e. The Morgan fingerprint density at radius 1 is 0.271 bits per heavy atom. The van der Waals surface area contributed by atoms with Gasteiger partial charge in [-0.3, -0.25) is 0 Å². The van der Waals surface area contributed by atoms with Crippen LogP contribution in [0.2, 0.25) is 0 Å². The monoisotopic (exact) mass is 612 g/mol. The number of benzene rings is 7. The summed E-state index contributed by atoms with van der Waals surface area (Å²) in [7, 11) is 0. The van der Waals surface area contributed by atoms with E-state index in [2.05, 4.69) is 114 Å². The summed E-state index contributed by atoms with van der Waals surface area (Å²) in [4.78, 5) is 10.2. The van der Waals surface area contributed by atoms with Crippen molar-refractivity contribution in [2.24, 2.45) is 0 Å². The fourth-order valence-electron chi connectivity index (χ4n) is 6.74. The third kappa shape index (κ3) is 4.79. The van der Waals surface area contributed by atoms with Gasteiger partial charge >= 0.3 is 0 Å². The first kappa shape index (κ1) is 27.8. The zero-order valence-corrected chi connectivity index (χ0v) is 26.0. The van der Waals surface area contributed by atoms with E-state index in [1.165, 1.54) is 16.3 Å². The minimum atomic E-state index is 0.854. The summed E-state index contributed by atoms with van der Waals surface area (Å²) < 4.78 is 0. The van der Waals surface area contributed by atoms with Crippen molar-refractivity contribution >= 4 is 32.6 Å². The first-order valence-corrected chi connectivity index (χ1v) is 16.1. The van der Waals surface area contributed by atoms with Crippen molar-refractivity contribution in [1.29, 1.82) is 0 Å². The van der Waals surface area contributed by atoms with Gasteiger partial charge in [0.05, 0.1) is 33.8 Å². The maximum absolute atomic E-state index is 5.12. The van der Waals surface area contributed by atoms with E-state index in [1.54, 1.807) is 0 Å². The number of nitrogens with zero attached hydrogens (tertiary/aromatic N) is 4. The van der Waals surface area contributed by atoms with Crippen LogP contribution in [-0.4, -0.2) is 20.2 Å². The highest BCUT2D eigenvalue weighted by Gasteiger charge is 2.19. The number of rotatable bonds is 5. The van der Waals surface area contributed by atoms with Gasteiger partial charge in [0, 0.05) is 22.3 Å². The summed E-state index contributed by atoms with van der Waals surface area (Å²) in [6.45, 7) is 0. The molecule has 48 heavy (non-hydrogen) atoms. The molecule has 9 rings (SSSR count). The molecule has 4 heteroatoms. The fourth-order valence-corrected chi connectivity index (χ4v) is 6.74. The molecule has 0 fully saturated rings. The van der Waals surface area contributed by atoms with Crippen molar-refractivity contribution in [3.63, 3.8) is 0 Å². The third-order valence-electron chi connectivity index (χ3n) is 8.99. The van der Waals surface area contributed by atoms with Gasteiger partial charge in [0.15, 0.2) is 0 Å². The maximum atomic E-state index is 5.12. The molecule has 7 aromatic carbocycles. The lowest BCUT2D eigenvalue weighted by Gasteiger charge is -2.17. The Kier molecular flexibility index (Phi) is 6.76. The van der Waals surface area contributed by atoms with E-state index in [0.717, 1.165) is 72.4 Å². The lowest BCUT2D eigenvalue weighted by Crippen LogP contribution is -1.96. The zero-order valence-electron chi connectivity index (χ0n) is 26.0. The number of aromatic nitrogens is 4. The summed E-state index contributed by atoms with van der Waals surface area (Å²) >= 11 is 0. The van der Waals surface area contributed by atoms with Crippen LogP contribution in [0.4, 0.5) is 0 Å². The molecule has 0 saturated heterocycles. The van der Waals surface area contributed by atoms with E-state index < -0.39 is 0 Å². The van der Waals surface area contributed by atoms with E-state index in [-0.39, 0.29) is 0 Å². The molecule has 0 aliphatic rings. The summed E-state index contributed by atoms with van der Waals surface area (Å²) in [5, 5.41) is 14.0. The average molecular weight is 613 g/mol. The highest BCUT2D eigenvalue weighted by atomic mass is 15.1. The van der Waals surface area contributed by atoms with Crippen LogP contribution in [0.25, 0.3) is 88.7 Å². The molecule has 2 heterocycles. The maximum Gasteiger partial charge on any atom is 0.0973 e. The molecular formula is C44H28N4. The second-order valence-corrected chi connectivity index (χ2v) is 11.9. The van der Waals surface area contributed by atoms with E-state index in [0.29, 0.717) is 0 Å². The SMILES string of the molecule is c1ccc(-c2ccc(-c3c4ccccc4c(-c4ccc(-c5nc6ccccc6nc5-c5ccccc5)cc4)c4ccccc34)nn2)cc1. The van der Waals surface area contributed by atoms with E-state index >= 15 is 0 Å². The van der Waals surface area contributed by atoms with Gasteiger partial charge in [-0.25, -0.2) is 9.97 Å². The zero-order chi connectivity index (χ0) is 31.9. The van der Waals surface area contributed by atoms with Crippen LogP contribution in [-0.2, 0) is 0 Å². The molecule has 0 aliphatic carbocycles. The Bertz CT molecular complexity index is 2520. The topological polar surface area (TPSA) is 51.6 Å². The molecule has 0 bridgehead atoms. The van der Waals surface area contributed by atoms with Crippen molar-refractivity contribution in [3.05, 3.63) is 170 Å². The summed E-state index contributed by atoms with van der Waals surface area (Å²) in [6.07, 6.45) is 0. The fraction of sp³-hybridized carbons (Fsp3) is 0. The normalized spacial score (nSPS) is 11.3. The molecule has 0 amide bonds. The van der Waals surface area contributed by atoms with E-state index in [1.807, 2.05) is 60.7 Å². The smallest absolute Gasteiger partial charge is 0.0973 e. The second kappa shape index (κ2) is 11.7. The van der Waals surface area contributed by atoms with Crippen LogP contribution in [0.1, 0.15) is 0 Å². The molecule has 4 nitrogen and oxygen atoms in total. The summed E-state index contributed by atoms with van der Waals surface area (Å²) in [5.74, 6) is 0. The molecule has 0 aliphatic heterocycles. The minimum Gasteiger partial charge on any atom is -0.244 e. The second-order valence-electron chi connectivity index (χ2n) is 11.9. The van der Waals surface area contributed by atoms with E-state index in [4.69, 9.17) is 15.1 Å². The Hall–Kier alpha value is -6.52. The van der Waals surface area contributed by atoms with Gasteiger partial charge in [0.25, 0.3) is 0 Å². The van der Waals surface area contributed by atoms with Crippen molar-refractivity contribution in [3.8, 4) is 56.2 Å². The first-order valence-electron chi connectivity index (χ1n) is 16.1. The van der Waals surface area contributed by atoms with E-state index in [9.17, 15) is 0 Å². The average Bonchev–Trinajstić information content (AvgIpc) is 3.17. The van der Waals surface area contributed by atoms with Crippen molar-refractivity contribution in [2.75, 3.05) is 0 Å². The Labute approximate surface area is 278 Å². The van der Waals surface area contributed by atoms with Crippen LogP contribution in [0.15, 0.2) is 170 Å². The Balaban J connectivity index is 1.20. The molecule has 0 N–H and O–H groups in total. The molecular weight excluding hydrogens is 585 g/mol.